The van der Waals surface area contributed by atoms with Gasteiger partial charge in [0.2, 0.25) is 0 Å². The third-order valence-corrected chi connectivity index (χ3v) is 3.02. The lowest BCUT2D eigenvalue weighted by atomic mass is 9.84. The maximum absolute atomic E-state index is 12.4. The number of carbonyl (C=O) groups is 2. The summed E-state index contributed by atoms with van der Waals surface area (Å²) >= 11 is 0. The topological polar surface area (TPSA) is 71.1 Å². The summed E-state index contributed by atoms with van der Waals surface area (Å²) in [4.78, 5) is 24.1. The molecule has 0 aliphatic heterocycles. The number of rotatable bonds is 7. The first-order valence-electron chi connectivity index (χ1n) is 6.31. The fraction of sp³-hybridized carbons (Fsp3) is 0.467. The number of methoxy groups -OCH3 is 3. The summed E-state index contributed by atoms with van der Waals surface area (Å²) in [5.74, 6) is -0.109. The van der Waals surface area contributed by atoms with Crippen LogP contribution in [0.1, 0.15) is 24.2 Å². The lowest BCUT2D eigenvalue weighted by Gasteiger charge is -2.20. The normalized spacial score (nSPS) is 10.9. The molecule has 21 heavy (non-hydrogen) atoms. The lowest BCUT2D eigenvalue weighted by Crippen LogP contribution is -2.34. The molecule has 0 atom stereocenters. The van der Waals surface area contributed by atoms with Gasteiger partial charge >= 0.3 is 5.97 Å². The van der Waals surface area contributed by atoms with Gasteiger partial charge in [0.25, 0.3) is 0 Å². The standard InChI is InChI=1S/C15H20O6/c1-15(2,14(17)20-5)13(16)10-6-7-11(21-9-18-3)12(8-10)19-4/h6-8H,9H2,1-5H3. The van der Waals surface area contributed by atoms with E-state index in [0.717, 1.165) is 0 Å². The predicted octanol–water partition coefficient (Wildman–Crippen LogP) is 2.06. The van der Waals surface area contributed by atoms with Crippen molar-refractivity contribution >= 4 is 11.8 Å². The van der Waals surface area contributed by atoms with Crippen LogP contribution in [0, 0.1) is 5.41 Å². The van der Waals surface area contributed by atoms with Crippen LogP contribution in [0.4, 0.5) is 0 Å². The molecule has 0 heterocycles. The van der Waals surface area contributed by atoms with E-state index in [4.69, 9.17) is 14.2 Å². The van der Waals surface area contributed by atoms with E-state index in [1.165, 1.54) is 41.2 Å². The molecule has 0 aliphatic carbocycles. The molecule has 0 N–H and O–H groups in total. The lowest BCUT2D eigenvalue weighted by molar-refractivity contribution is -0.147. The fourth-order valence-corrected chi connectivity index (χ4v) is 1.76. The van der Waals surface area contributed by atoms with Crippen LogP contribution in [0.2, 0.25) is 0 Å². The monoisotopic (exact) mass is 296 g/mol. The number of benzene rings is 1. The number of ether oxygens (including phenoxy) is 4. The highest BCUT2D eigenvalue weighted by atomic mass is 16.7. The molecule has 0 saturated carbocycles. The molecular weight excluding hydrogens is 276 g/mol. The zero-order valence-corrected chi connectivity index (χ0v) is 12.9. The van der Waals surface area contributed by atoms with Gasteiger partial charge in [-0.1, -0.05) is 0 Å². The molecular formula is C15H20O6. The van der Waals surface area contributed by atoms with Gasteiger partial charge in [0.1, 0.15) is 5.41 Å². The van der Waals surface area contributed by atoms with E-state index in [2.05, 4.69) is 4.74 Å². The number of Topliss-reactive ketones (excluding diaryl/α,β-unsaturated/α-hetero) is 1. The van der Waals surface area contributed by atoms with Crippen molar-refractivity contribution in [1.82, 2.24) is 0 Å². The van der Waals surface area contributed by atoms with E-state index in [-0.39, 0.29) is 12.6 Å². The second-order valence-electron chi connectivity index (χ2n) is 4.86. The highest BCUT2D eigenvalue weighted by Gasteiger charge is 2.38. The van der Waals surface area contributed by atoms with Crippen molar-refractivity contribution < 1.29 is 28.5 Å². The number of hydrogen-bond acceptors (Lipinski definition) is 6. The first-order valence-corrected chi connectivity index (χ1v) is 6.31. The van der Waals surface area contributed by atoms with Crippen molar-refractivity contribution in [3.8, 4) is 11.5 Å². The van der Waals surface area contributed by atoms with Crippen molar-refractivity contribution in [2.75, 3.05) is 28.1 Å². The molecule has 0 amide bonds. The molecule has 0 bridgehead atoms. The van der Waals surface area contributed by atoms with E-state index >= 15 is 0 Å². The van der Waals surface area contributed by atoms with Crippen LogP contribution in [0.25, 0.3) is 0 Å². The Kier molecular flexibility index (Phi) is 5.72. The second kappa shape index (κ2) is 7.08. The zero-order valence-electron chi connectivity index (χ0n) is 12.9. The molecule has 6 nitrogen and oxygen atoms in total. The summed E-state index contributed by atoms with van der Waals surface area (Å²) in [7, 11) is 4.22. The molecule has 0 aliphatic rings. The van der Waals surface area contributed by atoms with Crippen LogP contribution in [0.15, 0.2) is 18.2 Å². The molecule has 1 aromatic carbocycles. The van der Waals surface area contributed by atoms with Gasteiger partial charge in [-0.3, -0.25) is 9.59 Å². The molecule has 1 rings (SSSR count). The highest BCUT2D eigenvalue weighted by Crippen LogP contribution is 2.31. The minimum absolute atomic E-state index is 0.0668. The largest absolute Gasteiger partial charge is 0.493 e. The predicted molar refractivity (Wildman–Crippen MR) is 75.6 cm³/mol. The minimum Gasteiger partial charge on any atom is -0.493 e. The van der Waals surface area contributed by atoms with E-state index in [0.29, 0.717) is 17.1 Å². The Labute approximate surface area is 123 Å². The van der Waals surface area contributed by atoms with Crippen LogP contribution in [-0.2, 0) is 14.3 Å². The van der Waals surface area contributed by atoms with Crippen molar-refractivity contribution in [2.24, 2.45) is 5.41 Å². The summed E-state index contributed by atoms with van der Waals surface area (Å²) in [6.07, 6.45) is 0. The summed E-state index contributed by atoms with van der Waals surface area (Å²) < 4.78 is 20.0. The van der Waals surface area contributed by atoms with E-state index < -0.39 is 11.4 Å². The van der Waals surface area contributed by atoms with Crippen LogP contribution < -0.4 is 9.47 Å². The Balaban J connectivity index is 3.09. The van der Waals surface area contributed by atoms with Crippen molar-refractivity contribution in [1.29, 1.82) is 0 Å². The van der Waals surface area contributed by atoms with Crippen LogP contribution >= 0.6 is 0 Å². The summed E-state index contributed by atoms with van der Waals surface area (Å²) in [5.41, 5.74) is -0.929. The van der Waals surface area contributed by atoms with Crippen molar-refractivity contribution in [2.45, 2.75) is 13.8 Å². The number of carbonyl (C=O) groups excluding carboxylic acids is 2. The van der Waals surface area contributed by atoms with Crippen molar-refractivity contribution in [3.05, 3.63) is 23.8 Å². The SMILES string of the molecule is COCOc1ccc(C(=O)C(C)(C)C(=O)OC)cc1OC. The van der Waals surface area contributed by atoms with Gasteiger partial charge in [0.05, 0.1) is 14.2 Å². The van der Waals surface area contributed by atoms with E-state index in [1.807, 2.05) is 0 Å². The number of hydrogen-bond donors (Lipinski definition) is 0. The quantitative estimate of drug-likeness (QED) is 0.332. The van der Waals surface area contributed by atoms with Gasteiger partial charge in [0, 0.05) is 12.7 Å². The van der Waals surface area contributed by atoms with Gasteiger partial charge in [-0.25, -0.2) is 0 Å². The van der Waals surface area contributed by atoms with E-state index in [1.54, 1.807) is 12.1 Å². The Morgan fingerprint density at radius 3 is 2.29 bits per heavy atom. The summed E-state index contributed by atoms with van der Waals surface area (Å²) in [5, 5.41) is 0. The van der Waals surface area contributed by atoms with Gasteiger partial charge in [-0.05, 0) is 32.0 Å². The number of ketones is 1. The van der Waals surface area contributed by atoms with Gasteiger partial charge in [-0.2, -0.15) is 0 Å². The molecule has 0 spiro atoms. The molecule has 0 aromatic heterocycles. The first kappa shape index (κ1) is 17.0. The minimum atomic E-state index is -1.27. The third kappa shape index (κ3) is 3.72. The third-order valence-electron chi connectivity index (χ3n) is 3.02. The summed E-state index contributed by atoms with van der Waals surface area (Å²) in [6.45, 7) is 3.10. The second-order valence-corrected chi connectivity index (χ2v) is 4.86. The van der Waals surface area contributed by atoms with Gasteiger partial charge < -0.3 is 18.9 Å². The van der Waals surface area contributed by atoms with Crippen molar-refractivity contribution in [3.63, 3.8) is 0 Å². The van der Waals surface area contributed by atoms with Gasteiger partial charge in [-0.15, -0.1) is 0 Å². The smallest absolute Gasteiger partial charge is 0.319 e. The molecule has 116 valence electrons. The molecule has 0 radical (unpaired) electrons. The maximum atomic E-state index is 12.4. The zero-order chi connectivity index (χ0) is 16.0. The highest BCUT2D eigenvalue weighted by molar-refractivity contribution is 6.12. The molecule has 0 unspecified atom stereocenters. The molecule has 1 aromatic rings. The van der Waals surface area contributed by atoms with Gasteiger partial charge in [0.15, 0.2) is 24.1 Å². The maximum Gasteiger partial charge on any atom is 0.319 e. The van der Waals surface area contributed by atoms with Crippen LogP contribution in [0.3, 0.4) is 0 Å². The Morgan fingerprint density at radius 1 is 1.10 bits per heavy atom. The van der Waals surface area contributed by atoms with E-state index in [9.17, 15) is 9.59 Å². The number of esters is 1. The first-order chi connectivity index (χ1) is 9.88. The summed E-state index contributed by atoms with van der Waals surface area (Å²) in [6, 6.07) is 4.69. The Morgan fingerprint density at radius 2 is 1.76 bits per heavy atom. The van der Waals surface area contributed by atoms with Crippen LogP contribution in [0.5, 0.6) is 11.5 Å². The fourth-order valence-electron chi connectivity index (χ4n) is 1.76. The molecule has 0 fully saturated rings. The molecule has 6 heteroatoms. The molecule has 0 saturated heterocycles. The Hall–Kier alpha value is -2.08. The Bertz CT molecular complexity index is 521. The van der Waals surface area contributed by atoms with Crippen LogP contribution in [-0.4, -0.2) is 39.9 Å². The average Bonchev–Trinajstić information content (AvgIpc) is 2.50. The average molecular weight is 296 g/mol.